The predicted molar refractivity (Wildman–Crippen MR) is 194 cm³/mol. The van der Waals surface area contributed by atoms with Crippen molar-refractivity contribution >= 4 is 68.9 Å². The van der Waals surface area contributed by atoms with Crippen LogP contribution in [0.2, 0.25) is 0 Å². The number of carboxylic acid groups (broad SMARTS) is 1. The topological polar surface area (TPSA) is 315 Å². The molecule has 0 radical (unpaired) electrons. The summed E-state index contributed by atoms with van der Waals surface area (Å²) in [5, 5.41) is 31.8. The molecule has 0 unspecified atom stereocenters. The summed E-state index contributed by atoms with van der Waals surface area (Å²) in [6.07, 6.45) is -1.71. The molecule has 13 N–H and O–H groups in total. The maximum atomic E-state index is 13.9. The second-order valence-electron chi connectivity index (χ2n) is 12.1. The summed E-state index contributed by atoms with van der Waals surface area (Å²) in [6.45, 7) is 0. The van der Waals surface area contributed by atoms with E-state index in [9.17, 15) is 48.6 Å². The molecule has 0 aliphatic carbocycles. The first-order valence-electron chi connectivity index (χ1n) is 16.3. The molecule has 0 bridgehead atoms. The number of rotatable bonds is 10. The van der Waals surface area contributed by atoms with Gasteiger partial charge in [0.25, 0.3) is 0 Å². The summed E-state index contributed by atoms with van der Waals surface area (Å²) in [4.78, 5) is 103. The number of nitrogens with one attached hydrogen (secondary N) is 5. The molecule has 6 atom stereocenters. The number of benzene rings is 2. The number of carbonyl (C=O) groups excluding carboxylic acids is 7. The molecule has 0 saturated carbocycles. The van der Waals surface area contributed by atoms with Gasteiger partial charge in [0, 0.05) is 30.8 Å². The van der Waals surface area contributed by atoms with Crippen LogP contribution in [-0.2, 0) is 51.2 Å². The third kappa shape index (κ3) is 14.3. The smallest absolute Gasteiger partial charge is 0.327 e. The van der Waals surface area contributed by atoms with Gasteiger partial charge in [0.05, 0.1) is 12.5 Å². The quantitative estimate of drug-likeness (QED) is 0.112. The lowest BCUT2D eigenvalue weighted by atomic mass is 10.0. The first-order chi connectivity index (χ1) is 25.1. The normalized spacial score (nSPS) is 24.0. The molecule has 1 saturated heterocycles. The van der Waals surface area contributed by atoms with Crippen LogP contribution < -0.4 is 43.8 Å². The van der Waals surface area contributed by atoms with Gasteiger partial charge in [-0.3, -0.25) is 33.6 Å². The van der Waals surface area contributed by atoms with Gasteiger partial charge in [-0.05, 0) is 29.7 Å². The van der Waals surface area contributed by atoms with Gasteiger partial charge in [-0.1, -0.05) is 64.1 Å². The predicted octanol–water partition coefficient (Wildman–Crippen LogP) is -2.45. The van der Waals surface area contributed by atoms with Gasteiger partial charge in [0.15, 0.2) is 0 Å². The number of primary amides is 2. The largest absolute Gasteiger partial charge is 0.508 e. The Balaban J connectivity index is 2.05. The molecule has 20 heteroatoms. The number of amides is 7. The van der Waals surface area contributed by atoms with Crippen molar-refractivity contribution in [3.8, 4) is 5.75 Å². The molecule has 0 aromatic heterocycles. The minimum Gasteiger partial charge on any atom is -0.508 e. The lowest BCUT2D eigenvalue weighted by Crippen LogP contribution is -2.60. The van der Waals surface area contributed by atoms with Crippen molar-refractivity contribution in [2.45, 2.75) is 68.4 Å². The Kier molecular flexibility index (Phi) is 16.4. The second kappa shape index (κ2) is 20.6. The molecule has 0 spiro atoms. The molecule has 286 valence electrons. The number of phenols is 1. The van der Waals surface area contributed by atoms with E-state index >= 15 is 0 Å². The minimum atomic E-state index is -1.68. The van der Waals surface area contributed by atoms with Gasteiger partial charge >= 0.3 is 5.97 Å². The van der Waals surface area contributed by atoms with Gasteiger partial charge in [-0.25, -0.2) is 4.79 Å². The monoisotopic (exact) mass is 774 g/mol. The number of hydrogen-bond donors (Lipinski definition) is 10. The summed E-state index contributed by atoms with van der Waals surface area (Å²) < 4.78 is 0. The Bertz CT molecular complexity index is 1650. The Morgan fingerprint density at radius 3 is 1.70 bits per heavy atom. The fourth-order valence-corrected chi connectivity index (χ4v) is 7.24. The van der Waals surface area contributed by atoms with Crippen molar-refractivity contribution in [1.82, 2.24) is 26.6 Å². The van der Waals surface area contributed by atoms with Crippen molar-refractivity contribution in [3.05, 3.63) is 65.7 Å². The molecule has 2 aromatic rings. The van der Waals surface area contributed by atoms with Crippen molar-refractivity contribution in [1.29, 1.82) is 0 Å². The van der Waals surface area contributed by atoms with E-state index in [0.29, 0.717) is 11.1 Å². The highest BCUT2D eigenvalue weighted by atomic mass is 33.1. The van der Waals surface area contributed by atoms with Gasteiger partial charge in [-0.2, -0.15) is 0 Å². The molecule has 1 fully saturated rings. The molecule has 1 aliphatic heterocycles. The van der Waals surface area contributed by atoms with Crippen LogP contribution in [0.5, 0.6) is 5.75 Å². The molecule has 7 amide bonds. The molecule has 1 heterocycles. The van der Waals surface area contributed by atoms with Gasteiger partial charge in [-0.15, -0.1) is 0 Å². The number of phenolic OH excluding ortho intramolecular Hbond substituents is 1. The fourth-order valence-electron chi connectivity index (χ4n) is 4.96. The zero-order valence-electron chi connectivity index (χ0n) is 28.3. The van der Waals surface area contributed by atoms with Crippen LogP contribution in [0.3, 0.4) is 0 Å². The summed E-state index contributed by atoms with van der Waals surface area (Å²) in [5.41, 5.74) is 17.9. The number of nitrogens with two attached hydrogens (primary N) is 3. The van der Waals surface area contributed by atoms with Gasteiger partial charge in [0.1, 0.15) is 36.0 Å². The maximum Gasteiger partial charge on any atom is 0.327 e. The molecule has 18 nitrogen and oxygen atoms in total. The average Bonchev–Trinajstić information content (AvgIpc) is 3.10. The molecule has 53 heavy (non-hydrogen) atoms. The summed E-state index contributed by atoms with van der Waals surface area (Å²) in [7, 11) is 1.99. The Morgan fingerprint density at radius 2 is 1.13 bits per heavy atom. The highest BCUT2D eigenvalue weighted by Crippen LogP contribution is 2.23. The van der Waals surface area contributed by atoms with Crippen molar-refractivity contribution in [2.75, 3.05) is 11.5 Å². The molecule has 3 rings (SSSR count). The number of aromatic hydroxyl groups is 1. The number of hydrogen-bond acceptors (Lipinski definition) is 12. The van der Waals surface area contributed by atoms with E-state index in [-0.39, 0.29) is 36.5 Å². The van der Waals surface area contributed by atoms with Crippen molar-refractivity contribution in [2.24, 2.45) is 17.2 Å². The zero-order valence-corrected chi connectivity index (χ0v) is 30.0. The standard InChI is InChI=1S/C33H42N8O10S2/c34-20-15-52-53-16-25(33(50)51)41-32(49)24(14-27(36)44)40-29(46)21(10-11-26(35)43)37-30(47)23(12-17-4-2-1-3-5-17)39-31(48)22(38-28(20)45)13-18-6-8-19(42)9-7-18/h1-9,20-25,42H,10-16,34H2,(H2,35,43)(H2,36,44)(H,37,47)(H,38,45)(H,39,48)(H,40,46)(H,41,49)(H,50,51)/t20-,21-,22+,23-,24-,25-/m0/s1. The van der Waals surface area contributed by atoms with Gasteiger partial charge in [0.2, 0.25) is 41.4 Å². The lowest BCUT2D eigenvalue weighted by Gasteiger charge is -2.27. The van der Waals surface area contributed by atoms with Crippen LogP contribution in [0.15, 0.2) is 54.6 Å². The Labute approximate surface area is 311 Å². The Morgan fingerprint density at radius 1 is 0.642 bits per heavy atom. The highest BCUT2D eigenvalue weighted by Gasteiger charge is 2.34. The van der Waals surface area contributed by atoms with Crippen molar-refractivity contribution < 1.29 is 48.6 Å². The summed E-state index contributed by atoms with van der Waals surface area (Å²) >= 11 is 0. The van der Waals surface area contributed by atoms with E-state index in [1.54, 1.807) is 30.3 Å². The van der Waals surface area contributed by atoms with E-state index in [1.807, 2.05) is 0 Å². The van der Waals surface area contributed by atoms with Crippen LogP contribution in [0.4, 0.5) is 0 Å². The van der Waals surface area contributed by atoms with Crippen LogP contribution in [0, 0.1) is 0 Å². The minimum absolute atomic E-state index is 0.0323. The highest BCUT2D eigenvalue weighted by molar-refractivity contribution is 8.76. The number of carboxylic acids is 1. The first kappa shape index (κ1) is 42.1. The average molecular weight is 775 g/mol. The third-order valence-electron chi connectivity index (χ3n) is 7.79. The lowest BCUT2D eigenvalue weighted by molar-refractivity contribution is -0.141. The fraction of sp³-hybridized carbons (Fsp3) is 0.394. The van der Waals surface area contributed by atoms with E-state index in [1.165, 1.54) is 24.3 Å². The van der Waals surface area contributed by atoms with Gasteiger partial charge < -0.3 is 54.0 Å². The molecule has 1 aliphatic rings. The van der Waals surface area contributed by atoms with E-state index in [2.05, 4.69) is 26.6 Å². The molecular weight excluding hydrogens is 733 g/mol. The maximum absolute atomic E-state index is 13.9. The van der Waals surface area contributed by atoms with E-state index < -0.39 is 96.4 Å². The number of carbonyl (C=O) groups is 8. The summed E-state index contributed by atoms with van der Waals surface area (Å²) in [6, 6.07) is 5.78. The van der Waals surface area contributed by atoms with E-state index in [0.717, 1.165) is 21.6 Å². The first-order valence-corrected chi connectivity index (χ1v) is 18.7. The molecule has 2 aromatic carbocycles. The van der Waals surface area contributed by atoms with Crippen LogP contribution >= 0.6 is 21.6 Å². The second-order valence-corrected chi connectivity index (χ2v) is 14.6. The number of aliphatic carboxylic acids is 1. The van der Waals surface area contributed by atoms with Crippen LogP contribution in [0.1, 0.15) is 30.4 Å². The van der Waals surface area contributed by atoms with E-state index in [4.69, 9.17) is 17.2 Å². The third-order valence-corrected chi connectivity index (χ3v) is 10.2. The summed E-state index contributed by atoms with van der Waals surface area (Å²) in [5.74, 6) is -8.16. The zero-order chi connectivity index (χ0) is 39.1. The van der Waals surface area contributed by atoms with Crippen molar-refractivity contribution in [3.63, 3.8) is 0 Å². The van der Waals surface area contributed by atoms with Crippen LogP contribution in [0.25, 0.3) is 0 Å². The van der Waals surface area contributed by atoms with Crippen LogP contribution in [-0.4, -0.2) is 105 Å². The SMILES string of the molecule is NC(=O)CC[C@@H]1NC(=O)[C@H](Cc2ccccc2)NC(=O)[C@@H](Cc2ccc(O)cc2)NC(=O)[C@@H](N)CSSC[C@@H](C(=O)O)NC(=O)[C@H](CC(N)=O)NC1=O. The molecular formula is C33H42N8O10S2. The Hall–Kier alpha value is -5.34.